The Bertz CT molecular complexity index is 660. The predicted octanol–water partition coefficient (Wildman–Crippen LogP) is 3.65. The molecule has 1 aromatic carbocycles. The number of rotatable bonds is 6. The minimum absolute atomic E-state index is 0.136. The summed E-state index contributed by atoms with van der Waals surface area (Å²) in [6.45, 7) is 5.96. The SMILES string of the molecule is CCC(C)C(NS(=O)(=O)c1ccc(C)cc1)c1ccco1. The van der Waals surface area contributed by atoms with Crippen LogP contribution in [-0.2, 0) is 10.0 Å². The quantitative estimate of drug-likeness (QED) is 0.886. The Hall–Kier alpha value is -1.59. The summed E-state index contributed by atoms with van der Waals surface area (Å²) in [6.07, 6.45) is 2.41. The van der Waals surface area contributed by atoms with E-state index in [0.717, 1.165) is 12.0 Å². The zero-order valence-corrected chi connectivity index (χ0v) is 13.4. The minimum Gasteiger partial charge on any atom is -0.468 e. The van der Waals surface area contributed by atoms with Gasteiger partial charge in [0, 0.05) is 0 Å². The van der Waals surface area contributed by atoms with Crippen molar-refractivity contribution in [1.29, 1.82) is 0 Å². The van der Waals surface area contributed by atoms with Crippen molar-refractivity contribution in [2.75, 3.05) is 0 Å². The van der Waals surface area contributed by atoms with Gasteiger partial charge in [0.25, 0.3) is 0 Å². The Labute approximate surface area is 126 Å². The highest BCUT2D eigenvalue weighted by molar-refractivity contribution is 7.89. The van der Waals surface area contributed by atoms with Crippen LogP contribution in [0.25, 0.3) is 0 Å². The standard InChI is InChI=1S/C16H21NO3S/c1-4-13(3)16(15-6-5-11-20-15)17-21(18,19)14-9-7-12(2)8-10-14/h5-11,13,16-17H,4H2,1-3H3. The van der Waals surface area contributed by atoms with Crippen molar-refractivity contribution in [1.82, 2.24) is 4.72 Å². The second-order valence-corrected chi connectivity index (χ2v) is 7.03. The van der Waals surface area contributed by atoms with E-state index >= 15 is 0 Å². The third-order valence-corrected chi connectivity index (χ3v) is 5.13. The molecular weight excluding hydrogens is 286 g/mol. The van der Waals surface area contributed by atoms with Gasteiger partial charge in [0.1, 0.15) is 5.76 Å². The van der Waals surface area contributed by atoms with E-state index in [4.69, 9.17) is 4.42 Å². The Morgan fingerprint density at radius 1 is 1.19 bits per heavy atom. The maximum Gasteiger partial charge on any atom is 0.241 e. The number of furan rings is 1. The molecule has 1 aromatic heterocycles. The van der Waals surface area contributed by atoms with Crippen LogP contribution in [0.1, 0.15) is 37.6 Å². The van der Waals surface area contributed by atoms with Crippen LogP contribution in [0.15, 0.2) is 52.0 Å². The lowest BCUT2D eigenvalue weighted by atomic mass is 9.98. The molecule has 0 amide bonds. The van der Waals surface area contributed by atoms with Crippen molar-refractivity contribution in [3.8, 4) is 0 Å². The molecule has 2 rings (SSSR count). The van der Waals surface area contributed by atoms with Crippen LogP contribution in [0.5, 0.6) is 0 Å². The molecule has 114 valence electrons. The molecule has 1 N–H and O–H groups in total. The smallest absolute Gasteiger partial charge is 0.241 e. The molecule has 4 nitrogen and oxygen atoms in total. The maximum atomic E-state index is 12.5. The molecule has 0 bridgehead atoms. The van der Waals surface area contributed by atoms with Crippen molar-refractivity contribution < 1.29 is 12.8 Å². The highest BCUT2D eigenvalue weighted by atomic mass is 32.2. The molecule has 0 fully saturated rings. The minimum atomic E-state index is -3.57. The lowest BCUT2D eigenvalue weighted by Crippen LogP contribution is -2.32. The van der Waals surface area contributed by atoms with E-state index in [1.807, 2.05) is 20.8 Å². The highest BCUT2D eigenvalue weighted by Crippen LogP contribution is 2.27. The normalized spacial score (nSPS) is 14.8. The lowest BCUT2D eigenvalue weighted by Gasteiger charge is -2.22. The average Bonchev–Trinajstić information content (AvgIpc) is 2.98. The van der Waals surface area contributed by atoms with Crippen molar-refractivity contribution in [2.24, 2.45) is 5.92 Å². The van der Waals surface area contributed by atoms with E-state index in [-0.39, 0.29) is 16.9 Å². The molecule has 2 aromatic rings. The van der Waals surface area contributed by atoms with Crippen molar-refractivity contribution in [3.63, 3.8) is 0 Å². The summed E-state index contributed by atoms with van der Waals surface area (Å²) >= 11 is 0. The fourth-order valence-corrected chi connectivity index (χ4v) is 3.42. The third-order valence-electron chi connectivity index (χ3n) is 3.68. The van der Waals surface area contributed by atoms with Crippen molar-refractivity contribution >= 4 is 10.0 Å². The molecule has 0 radical (unpaired) electrons. The van der Waals surface area contributed by atoms with Gasteiger partial charge in [0.05, 0.1) is 17.2 Å². The third kappa shape index (κ3) is 3.74. The number of benzene rings is 1. The fraction of sp³-hybridized carbons (Fsp3) is 0.375. The van der Waals surface area contributed by atoms with Gasteiger partial charge in [-0.3, -0.25) is 0 Å². The summed E-state index contributed by atoms with van der Waals surface area (Å²) in [5, 5.41) is 0. The van der Waals surface area contributed by atoms with Crippen LogP contribution in [0.2, 0.25) is 0 Å². The van der Waals surface area contributed by atoms with Crippen LogP contribution < -0.4 is 4.72 Å². The van der Waals surface area contributed by atoms with Gasteiger partial charge in [-0.25, -0.2) is 13.1 Å². The monoisotopic (exact) mass is 307 g/mol. The van der Waals surface area contributed by atoms with Crippen molar-refractivity contribution in [3.05, 3.63) is 54.0 Å². The van der Waals surface area contributed by atoms with Crippen LogP contribution in [0.3, 0.4) is 0 Å². The second-order valence-electron chi connectivity index (χ2n) is 5.31. The Balaban J connectivity index is 2.29. The summed E-state index contributed by atoms with van der Waals surface area (Å²) in [4.78, 5) is 0.271. The highest BCUT2D eigenvalue weighted by Gasteiger charge is 2.27. The number of aryl methyl sites for hydroxylation is 1. The molecule has 0 aliphatic rings. The fourth-order valence-electron chi connectivity index (χ4n) is 2.11. The Morgan fingerprint density at radius 3 is 2.38 bits per heavy atom. The zero-order valence-electron chi connectivity index (χ0n) is 12.5. The first-order valence-corrected chi connectivity index (χ1v) is 8.54. The van der Waals surface area contributed by atoms with Gasteiger partial charge in [0.15, 0.2) is 0 Å². The summed E-state index contributed by atoms with van der Waals surface area (Å²) < 4.78 is 33.2. The van der Waals surface area contributed by atoms with E-state index in [1.54, 1.807) is 42.7 Å². The summed E-state index contributed by atoms with van der Waals surface area (Å²) in [6, 6.07) is 10.0. The van der Waals surface area contributed by atoms with E-state index in [2.05, 4.69) is 4.72 Å². The zero-order chi connectivity index (χ0) is 15.5. The number of sulfonamides is 1. The number of hydrogen-bond acceptors (Lipinski definition) is 3. The van der Waals surface area contributed by atoms with E-state index in [1.165, 1.54) is 0 Å². The Kier molecular flexibility index (Phi) is 4.85. The molecule has 0 aliphatic carbocycles. The topological polar surface area (TPSA) is 59.3 Å². The van der Waals surface area contributed by atoms with Gasteiger partial charge in [-0.05, 0) is 37.1 Å². The molecule has 0 saturated heterocycles. The largest absolute Gasteiger partial charge is 0.468 e. The second kappa shape index (κ2) is 6.45. The van der Waals surface area contributed by atoms with Crippen LogP contribution in [0, 0.1) is 12.8 Å². The van der Waals surface area contributed by atoms with Gasteiger partial charge in [-0.15, -0.1) is 0 Å². The van der Waals surface area contributed by atoms with E-state index in [9.17, 15) is 8.42 Å². The van der Waals surface area contributed by atoms with Gasteiger partial charge < -0.3 is 4.42 Å². The first-order chi connectivity index (χ1) is 9.94. The first-order valence-electron chi connectivity index (χ1n) is 7.06. The summed E-state index contributed by atoms with van der Waals surface area (Å²) in [5.41, 5.74) is 1.03. The maximum absolute atomic E-state index is 12.5. The Morgan fingerprint density at radius 2 is 1.86 bits per heavy atom. The van der Waals surface area contributed by atoms with Crippen LogP contribution in [0.4, 0.5) is 0 Å². The molecule has 2 unspecified atom stereocenters. The van der Waals surface area contributed by atoms with Crippen molar-refractivity contribution in [2.45, 2.75) is 38.1 Å². The van der Waals surface area contributed by atoms with Gasteiger partial charge >= 0.3 is 0 Å². The van der Waals surface area contributed by atoms with Gasteiger partial charge in [-0.2, -0.15) is 0 Å². The molecule has 5 heteroatoms. The first kappa shape index (κ1) is 15.8. The molecule has 0 aliphatic heterocycles. The van der Waals surface area contributed by atoms with E-state index in [0.29, 0.717) is 5.76 Å². The predicted molar refractivity (Wildman–Crippen MR) is 82.4 cm³/mol. The summed E-state index contributed by atoms with van der Waals surface area (Å²) in [7, 11) is -3.57. The van der Waals surface area contributed by atoms with Crippen LogP contribution >= 0.6 is 0 Å². The van der Waals surface area contributed by atoms with Gasteiger partial charge in [-0.1, -0.05) is 38.0 Å². The molecule has 0 spiro atoms. The molecule has 21 heavy (non-hydrogen) atoms. The molecule has 2 atom stereocenters. The summed E-state index contributed by atoms with van der Waals surface area (Å²) in [5.74, 6) is 0.774. The number of nitrogens with one attached hydrogen (secondary N) is 1. The van der Waals surface area contributed by atoms with E-state index < -0.39 is 10.0 Å². The molecular formula is C16H21NO3S. The van der Waals surface area contributed by atoms with Crippen LogP contribution in [-0.4, -0.2) is 8.42 Å². The average molecular weight is 307 g/mol. The molecule has 1 heterocycles. The van der Waals surface area contributed by atoms with Gasteiger partial charge in [0.2, 0.25) is 10.0 Å². The number of hydrogen-bond donors (Lipinski definition) is 1. The lowest BCUT2D eigenvalue weighted by molar-refractivity contribution is 0.352. The molecule has 0 saturated carbocycles.